The third-order valence-corrected chi connectivity index (χ3v) is 3.81. The lowest BCUT2D eigenvalue weighted by molar-refractivity contribution is -0.384. The first-order chi connectivity index (χ1) is 11.3. The number of rotatable bonds is 6. The predicted octanol–water partition coefficient (Wildman–Crippen LogP) is 1.78. The molecule has 9 nitrogen and oxygen atoms in total. The Bertz CT molecular complexity index is 784. The van der Waals surface area contributed by atoms with Crippen molar-refractivity contribution in [2.24, 2.45) is 7.05 Å². The zero-order chi connectivity index (χ0) is 17.9. The highest BCUT2D eigenvalue weighted by Gasteiger charge is 2.19. The molecule has 2 heterocycles. The van der Waals surface area contributed by atoms with E-state index in [0.717, 1.165) is 23.0 Å². The Hall–Kier alpha value is -2.97. The summed E-state index contributed by atoms with van der Waals surface area (Å²) in [5.41, 5.74) is 2.85. The number of aryl methyl sites for hydroxylation is 2. The van der Waals surface area contributed by atoms with Crippen LogP contribution >= 0.6 is 0 Å². The van der Waals surface area contributed by atoms with Crippen molar-refractivity contribution in [3.05, 3.63) is 44.9 Å². The van der Waals surface area contributed by atoms with E-state index in [4.69, 9.17) is 0 Å². The molecular weight excluding hydrogens is 314 g/mol. The molecule has 0 aliphatic carbocycles. The fraction of sp³-hybridized carbons (Fsp3) is 0.400. The smallest absolute Gasteiger partial charge is 0.339 e. The molecule has 0 spiro atoms. The average molecular weight is 333 g/mol. The number of methoxy groups -OCH3 is 1. The second-order valence-electron chi connectivity index (χ2n) is 5.29. The first-order valence-electron chi connectivity index (χ1n) is 7.30. The van der Waals surface area contributed by atoms with Crippen LogP contribution in [0.5, 0.6) is 0 Å². The molecule has 2 rings (SSSR count). The van der Waals surface area contributed by atoms with Crippen LogP contribution in [-0.4, -0.2) is 39.3 Å². The Balaban J connectivity index is 2.14. The number of carbonyl (C=O) groups is 1. The molecule has 0 saturated carbocycles. The first kappa shape index (κ1) is 17.4. The van der Waals surface area contributed by atoms with Crippen LogP contribution in [-0.2, 0) is 18.2 Å². The van der Waals surface area contributed by atoms with Gasteiger partial charge < -0.3 is 10.1 Å². The summed E-state index contributed by atoms with van der Waals surface area (Å²) in [6.45, 7) is 4.36. The topological polar surface area (TPSA) is 112 Å². The summed E-state index contributed by atoms with van der Waals surface area (Å²) in [7, 11) is 3.08. The van der Waals surface area contributed by atoms with Gasteiger partial charge in [0.15, 0.2) is 0 Å². The van der Waals surface area contributed by atoms with Crippen molar-refractivity contribution in [1.82, 2.24) is 14.8 Å². The van der Waals surface area contributed by atoms with Crippen LogP contribution in [0.3, 0.4) is 0 Å². The summed E-state index contributed by atoms with van der Waals surface area (Å²) in [6.07, 6.45) is 1.91. The second-order valence-corrected chi connectivity index (χ2v) is 5.29. The van der Waals surface area contributed by atoms with E-state index >= 15 is 0 Å². The number of nitro groups is 1. The fourth-order valence-electron chi connectivity index (χ4n) is 2.44. The van der Waals surface area contributed by atoms with Crippen molar-refractivity contribution in [3.8, 4) is 0 Å². The molecule has 0 aromatic carbocycles. The van der Waals surface area contributed by atoms with Crippen molar-refractivity contribution >= 4 is 17.5 Å². The average Bonchev–Trinajstić information content (AvgIpc) is 2.80. The van der Waals surface area contributed by atoms with Crippen LogP contribution < -0.4 is 5.32 Å². The van der Waals surface area contributed by atoms with Crippen molar-refractivity contribution < 1.29 is 14.5 Å². The van der Waals surface area contributed by atoms with Crippen molar-refractivity contribution in [3.63, 3.8) is 0 Å². The molecular formula is C15H19N5O4. The molecule has 24 heavy (non-hydrogen) atoms. The monoisotopic (exact) mass is 333 g/mol. The number of nitrogens with one attached hydrogen (secondary N) is 1. The van der Waals surface area contributed by atoms with Gasteiger partial charge in [0.2, 0.25) is 5.82 Å². The molecule has 128 valence electrons. The van der Waals surface area contributed by atoms with Gasteiger partial charge in [0, 0.05) is 31.5 Å². The summed E-state index contributed by atoms with van der Waals surface area (Å²) < 4.78 is 6.35. The lowest BCUT2D eigenvalue weighted by atomic mass is 10.1. The van der Waals surface area contributed by atoms with Gasteiger partial charge in [-0.25, -0.2) is 9.78 Å². The highest BCUT2D eigenvalue weighted by Crippen LogP contribution is 2.23. The van der Waals surface area contributed by atoms with Crippen LogP contribution in [0, 0.1) is 24.0 Å². The summed E-state index contributed by atoms with van der Waals surface area (Å²) >= 11 is 0. The van der Waals surface area contributed by atoms with Crippen molar-refractivity contribution in [1.29, 1.82) is 0 Å². The first-order valence-corrected chi connectivity index (χ1v) is 7.30. The normalized spacial score (nSPS) is 10.5. The number of pyridine rings is 1. The standard InChI is InChI=1S/C15H19N5O4/c1-9-12(10(2)19(3)18-9)5-6-16-14-13(20(22)23)7-11(8-17-14)15(21)24-4/h7-8H,5-6H2,1-4H3,(H,16,17). The minimum atomic E-state index is -0.668. The molecule has 0 fully saturated rings. The highest BCUT2D eigenvalue weighted by molar-refractivity contribution is 5.90. The summed E-state index contributed by atoms with van der Waals surface area (Å²) in [5.74, 6) is -0.550. The number of hydrogen-bond acceptors (Lipinski definition) is 7. The largest absolute Gasteiger partial charge is 0.465 e. The molecule has 2 aromatic heterocycles. The van der Waals surface area contributed by atoms with Crippen LogP contribution in [0.4, 0.5) is 11.5 Å². The summed E-state index contributed by atoms with van der Waals surface area (Å²) in [5, 5.41) is 18.5. The van der Waals surface area contributed by atoms with Gasteiger partial charge in [-0.3, -0.25) is 14.8 Å². The Morgan fingerprint density at radius 2 is 2.17 bits per heavy atom. The quantitative estimate of drug-likeness (QED) is 0.487. The van der Waals surface area contributed by atoms with Crippen molar-refractivity contribution in [2.45, 2.75) is 20.3 Å². The maximum absolute atomic E-state index is 11.5. The van der Waals surface area contributed by atoms with E-state index in [2.05, 4.69) is 20.1 Å². The molecule has 0 aliphatic rings. The van der Waals surface area contributed by atoms with Gasteiger partial charge in [-0.15, -0.1) is 0 Å². The van der Waals surface area contributed by atoms with Crippen LogP contribution in [0.2, 0.25) is 0 Å². The number of anilines is 1. The lowest BCUT2D eigenvalue weighted by Gasteiger charge is -2.08. The molecule has 0 radical (unpaired) electrons. The minimum absolute atomic E-state index is 0.0358. The number of nitrogens with zero attached hydrogens (tertiary/aromatic N) is 4. The van der Waals surface area contributed by atoms with E-state index in [0.29, 0.717) is 13.0 Å². The van der Waals surface area contributed by atoms with E-state index < -0.39 is 10.9 Å². The van der Waals surface area contributed by atoms with E-state index in [1.165, 1.54) is 13.3 Å². The number of ether oxygens (including phenoxy) is 1. The number of carbonyl (C=O) groups excluding carboxylic acids is 1. The van der Waals surface area contributed by atoms with Crippen LogP contribution in [0.1, 0.15) is 27.3 Å². The predicted molar refractivity (Wildman–Crippen MR) is 87.1 cm³/mol. The van der Waals surface area contributed by atoms with Crippen LogP contribution in [0.15, 0.2) is 12.3 Å². The van der Waals surface area contributed by atoms with E-state index in [1.807, 2.05) is 20.9 Å². The molecule has 0 atom stereocenters. The van der Waals surface area contributed by atoms with Crippen molar-refractivity contribution in [2.75, 3.05) is 19.0 Å². The Morgan fingerprint density at radius 3 is 2.71 bits per heavy atom. The van der Waals surface area contributed by atoms with Gasteiger partial charge in [0.1, 0.15) is 0 Å². The molecule has 9 heteroatoms. The maximum atomic E-state index is 11.5. The fourth-order valence-corrected chi connectivity index (χ4v) is 2.44. The zero-order valence-electron chi connectivity index (χ0n) is 14.0. The Kier molecular flexibility index (Phi) is 5.12. The maximum Gasteiger partial charge on any atom is 0.339 e. The van der Waals surface area contributed by atoms with Gasteiger partial charge in [0.05, 0.1) is 23.3 Å². The van der Waals surface area contributed by atoms with Gasteiger partial charge in [-0.2, -0.15) is 5.10 Å². The van der Waals surface area contributed by atoms with Crippen LogP contribution in [0.25, 0.3) is 0 Å². The number of esters is 1. The van der Waals surface area contributed by atoms with Gasteiger partial charge >= 0.3 is 11.7 Å². The zero-order valence-corrected chi connectivity index (χ0v) is 14.0. The SMILES string of the molecule is COC(=O)c1cnc(NCCc2c(C)nn(C)c2C)c([N+](=O)[O-])c1. The molecule has 0 amide bonds. The lowest BCUT2D eigenvalue weighted by Crippen LogP contribution is -2.11. The number of hydrogen-bond donors (Lipinski definition) is 1. The molecule has 0 saturated heterocycles. The Morgan fingerprint density at radius 1 is 1.46 bits per heavy atom. The number of aromatic nitrogens is 3. The summed E-state index contributed by atoms with van der Waals surface area (Å²) in [6, 6.07) is 1.15. The summed E-state index contributed by atoms with van der Waals surface area (Å²) in [4.78, 5) is 26.0. The Labute approximate surface area is 138 Å². The molecule has 1 N–H and O–H groups in total. The van der Waals surface area contributed by atoms with E-state index in [-0.39, 0.29) is 17.1 Å². The molecule has 0 aliphatic heterocycles. The van der Waals surface area contributed by atoms with Gasteiger partial charge in [-0.1, -0.05) is 0 Å². The molecule has 2 aromatic rings. The third-order valence-electron chi connectivity index (χ3n) is 3.81. The van der Waals surface area contributed by atoms with E-state index in [1.54, 1.807) is 4.68 Å². The minimum Gasteiger partial charge on any atom is -0.465 e. The molecule has 0 unspecified atom stereocenters. The van der Waals surface area contributed by atoms with E-state index in [9.17, 15) is 14.9 Å². The van der Waals surface area contributed by atoms with Gasteiger partial charge in [-0.05, 0) is 25.8 Å². The molecule has 0 bridgehead atoms. The second kappa shape index (κ2) is 7.07. The third kappa shape index (κ3) is 3.50. The van der Waals surface area contributed by atoms with Gasteiger partial charge in [0.25, 0.3) is 0 Å². The highest BCUT2D eigenvalue weighted by atomic mass is 16.6.